The molecule has 0 bridgehead atoms. The molecule has 0 aliphatic carbocycles. The Morgan fingerprint density at radius 2 is 0.900 bits per heavy atom. The van der Waals surface area contributed by atoms with E-state index in [2.05, 4.69) is 0 Å². The summed E-state index contributed by atoms with van der Waals surface area (Å²) in [7, 11) is 0. The highest BCUT2D eigenvalue weighted by Gasteiger charge is 2.21. The number of phenols is 1. The lowest BCUT2D eigenvalue weighted by molar-refractivity contribution is 0.478. The standard InChI is InChI=1S/C48H30O2/c49-44-29-34-15-5-4-14-33(34)28-43(44)31-24-26-32(27-25-31)45-36-16-6-8-18-38(36)46(39-19-9-7-17-37(39)45)42-23-11-22-41-40-21-10-20-35(47(40)50-48(41)42)30-12-2-1-3-13-30/h1-29,49H/i4D,5D,14D,15D,24D,25D,26D,27D,28D,29D. The van der Waals surface area contributed by atoms with Gasteiger partial charge >= 0.3 is 0 Å². The molecule has 0 aliphatic heterocycles. The van der Waals surface area contributed by atoms with Gasteiger partial charge in [-0.3, -0.25) is 0 Å². The Bertz CT molecular complexity index is 3420. The summed E-state index contributed by atoms with van der Waals surface area (Å²) in [6.07, 6.45) is 0. The van der Waals surface area contributed by atoms with Crippen LogP contribution >= 0.6 is 0 Å². The topological polar surface area (TPSA) is 33.4 Å². The molecule has 2 nitrogen and oxygen atoms in total. The third kappa shape index (κ3) is 4.36. The van der Waals surface area contributed by atoms with Gasteiger partial charge < -0.3 is 9.52 Å². The molecule has 0 aliphatic rings. The Hall–Kier alpha value is -6.64. The zero-order chi connectivity index (χ0) is 41.9. The zero-order valence-electron chi connectivity index (χ0n) is 36.3. The van der Waals surface area contributed by atoms with Crippen LogP contribution < -0.4 is 0 Å². The van der Waals surface area contributed by atoms with Crippen molar-refractivity contribution in [2.45, 2.75) is 0 Å². The summed E-state index contributed by atoms with van der Waals surface area (Å²) >= 11 is 0. The van der Waals surface area contributed by atoms with Gasteiger partial charge in [0.1, 0.15) is 16.9 Å². The zero-order valence-corrected chi connectivity index (χ0v) is 26.3. The number of aromatic hydroxyl groups is 1. The van der Waals surface area contributed by atoms with E-state index >= 15 is 0 Å². The average molecular weight is 649 g/mol. The van der Waals surface area contributed by atoms with Crippen molar-refractivity contribution in [2.75, 3.05) is 0 Å². The molecular formula is C48H30O2. The highest BCUT2D eigenvalue weighted by Crippen LogP contribution is 2.47. The van der Waals surface area contributed by atoms with Crippen molar-refractivity contribution in [2.24, 2.45) is 0 Å². The number of phenolic OH excluding ortho intramolecular Hbond substituents is 1. The predicted molar refractivity (Wildman–Crippen MR) is 210 cm³/mol. The number of hydrogen-bond acceptors (Lipinski definition) is 2. The van der Waals surface area contributed by atoms with E-state index in [0.717, 1.165) is 49.4 Å². The van der Waals surface area contributed by atoms with Crippen molar-refractivity contribution in [1.29, 1.82) is 0 Å². The van der Waals surface area contributed by atoms with Crippen LogP contribution in [0.4, 0.5) is 0 Å². The third-order valence-electron chi connectivity index (χ3n) is 9.35. The van der Waals surface area contributed by atoms with Gasteiger partial charge in [0, 0.05) is 33.0 Å². The number of rotatable bonds is 4. The van der Waals surface area contributed by atoms with Crippen LogP contribution in [-0.4, -0.2) is 5.11 Å². The average Bonchev–Trinajstić information content (AvgIpc) is 3.66. The highest BCUT2D eigenvalue weighted by atomic mass is 16.3. The molecule has 10 rings (SSSR count). The first kappa shape index (κ1) is 20.0. The SMILES string of the molecule is [2H]c1c([2H])c(-c2c3ccccc3c(-c3cccc4c3oc3c(-c5ccccc5)cccc34)c3ccccc23)c([2H])c([2H])c1-c1c(O)c([2H])c2c([2H])c([2H])c([2H])c([2H])c2c1[2H]. The summed E-state index contributed by atoms with van der Waals surface area (Å²) < 4.78 is 95.4. The van der Waals surface area contributed by atoms with Gasteiger partial charge in [-0.05, 0) is 66.7 Å². The molecule has 0 amide bonds. The summed E-state index contributed by atoms with van der Waals surface area (Å²) in [6, 6.07) is 31.4. The van der Waals surface area contributed by atoms with E-state index in [9.17, 15) is 10.6 Å². The quantitative estimate of drug-likeness (QED) is 0.193. The second-order valence-corrected chi connectivity index (χ2v) is 12.1. The van der Waals surface area contributed by atoms with E-state index in [0.29, 0.717) is 21.9 Å². The molecule has 0 saturated heterocycles. The maximum atomic E-state index is 11.4. The van der Waals surface area contributed by atoms with Crippen LogP contribution in [0.3, 0.4) is 0 Å². The fourth-order valence-electron chi connectivity index (χ4n) is 7.16. The Morgan fingerprint density at radius 3 is 1.54 bits per heavy atom. The smallest absolute Gasteiger partial charge is 0.143 e. The molecule has 50 heavy (non-hydrogen) atoms. The second kappa shape index (κ2) is 11.2. The lowest BCUT2D eigenvalue weighted by atomic mass is 9.85. The van der Waals surface area contributed by atoms with Gasteiger partial charge in [0.25, 0.3) is 0 Å². The minimum atomic E-state index is -0.887. The van der Waals surface area contributed by atoms with Crippen LogP contribution in [-0.2, 0) is 0 Å². The molecular weight excluding hydrogens is 609 g/mol. The van der Waals surface area contributed by atoms with Gasteiger partial charge in [-0.15, -0.1) is 0 Å². The number of hydrogen-bond donors (Lipinski definition) is 1. The Kier molecular flexibility index (Phi) is 4.49. The summed E-state index contributed by atoms with van der Waals surface area (Å²) in [5, 5.41) is 15.4. The van der Waals surface area contributed by atoms with Crippen molar-refractivity contribution >= 4 is 54.3 Å². The maximum Gasteiger partial charge on any atom is 0.143 e. The molecule has 9 aromatic carbocycles. The van der Waals surface area contributed by atoms with Crippen molar-refractivity contribution in [3.63, 3.8) is 0 Å². The van der Waals surface area contributed by atoms with E-state index < -0.39 is 77.3 Å². The number of benzene rings is 9. The van der Waals surface area contributed by atoms with Crippen LogP contribution in [0.2, 0.25) is 0 Å². The summed E-state index contributed by atoms with van der Waals surface area (Å²) in [5.41, 5.74) is 4.56. The molecule has 0 unspecified atom stereocenters. The summed E-state index contributed by atoms with van der Waals surface area (Å²) in [6.45, 7) is 0. The van der Waals surface area contributed by atoms with Crippen LogP contribution in [0.5, 0.6) is 5.75 Å². The van der Waals surface area contributed by atoms with Crippen LogP contribution in [0.15, 0.2) is 180 Å². The van der Waals surface area contributed by atoms with E-state index in [4.69, 9.17) is 12.6 Å². The van der Waals surface area contributed by atoms with Gasteiger partial charge in [0.15, 0.2) is 0 Å². The van der Waals surface area contributed by atoms with Crippen LogP contribution in [0.1, 0.15) is 13.7 Å². The molecule has 0 radical (unpaired) electrons. The van der Waals surface area contributed by atoms with E-state index in [-0.39, 0.29) is 16.3 Å². The molecule has 0 saturated carbocycles. The van der Waals surface area contributed by atoms with Crippen molar-refractivity contribution in [3.8, 4) is 50.3 Å². The summed E-state index contributed by atoms with van der Waals surface area (Å²) in [4.78, 5) is 0. The van der Waals surface area contributed by atoms with E-state index in [1.54, 1.807) is 0 Å². The monoisotopic (exact) mass is 648 g/mol. The second-order valence-electron chi connectivity index (χ2n) is 12.1. The normalized spacial score (nSPS) is 14.5. The largest absolute Gasteiger partial charge is 0.507 e. The number of fused-ring (bicyclic) bond motifs is 6. The molecule has 0 atom stereocenters. The molecule has 1 heterocycles. The highest BCUT2D eigenvalue weighted by molar-refractivity contribution is 6.24. The third-order valence-corrected chi connectivity index (χ3v) is 9.35. The van der Waals surface area contributed by atoms with Crippen molar-refractivity contribution in [1.82, 2.24) is 0 Å². The molecule has 1 aromatic heterocycles. The maximum absolute atomic E-state index is 11.4. The predicted octanol–water partition coefficient (Wildman–Crippen LogP) is 13.4. The lowest BCUT2D eigenvalue weighted by Gasteiger charge is -2.18. The van der Waals surface area contributed by atoms with Crippen LogP contribution in [0.25, 0.3) is 98.8 Å². The molecule has 0 spiro atoms. The number of furan rings is 1. The van der Waals surface area contributed by atoms with Crippen LogP contribution in [0, 0.1) is 0 Å². The minimum absolute atomic E-state index is 0.0121. The fraction of sp³-hybridized carbons (Fsp3) is 0. The Morgan fingerprint density at radius 1 is 0.400 bits per heavy atom. The van der Waals surface area contributed by atoms with Gasteiger partial charge in [-0.2, -0.15) is 0 Å². The van der Waals surface area contributed by atoms with Gasteiger partial charge in [-0.25, -0.2) is 0 Å². The first-order chi connectivity index (χ1) is 28.9. The van der Waals surface area contributed by atoms with Crippen molar-refractivity contribution in [3.05, 3.63) is 176 Å². The van der Waals surface area contributed by atoms with Gasteiger partial charge in [-0.1, -0.05) is 164 Å². The Labute approximate surface area is 303 Å². The first-order valence-corrected chi connectivity index (χ1v) is 16.2. The summed E-state index contributed by atoms with van der Waals surface area (Å²) in [5.74, 6) is -0.887. The molecule has 10 aromatic rings. The fourth-order valence-corrected chi connectivity index (χ4v) is 7.16. The minimum Gasteiger partial charge on any atom is -0.507 e. The molecule has 2 heteroatoms. The van der Waals surface area contributed by atoms with Gasteiger partial charge in [0.2, 0.25) is 0 Å². The number of para-hydroxylation sites is 2. The van der Waals surface area contributed by atoms with E-state index in [1.165, 1.54) is 0 Å². The first-order valence-electron chi connectivity index (χ1n) is 21.2. The lowest BCUT2D eigenvalue weighted by Crippen LogP contribution is -1.91. The molecule has 234 valence electrons. The molecule has 0 fully saturated rings. The van der Waals surface area contributed by atoms with Gasteiger partial charge in [0.05, 0.1) is 13.7 Å². The molecule has 1 N–H and O–H groups in total. The Balaban J connectivity index is 1.26. The van der Waals surface area contributed by atoms with E-state index in [1.807, 2.05) is 115 Å². The van der Waals surface area contributed by atoms with Crippen molar-refractivity contribution < 1.29 is 23.2 Å².